The molecule has 1 fully saturated rings. The Labute approximate surface area is 175 Å². The first-order chi connectivity index (χ1) is 14.6. The highest BCUT2D eigenvalue weighted by Gasteiger charge is 2.18. The van der Waals surface area contributed by atoms with Crippen LogP contribution in [0.1, 0.15) is 24.0 Å². The summed E-state index contributed by atoms with van der Waals surface area (Å²) in [6.07, 6.45) is 2.38. The molecule has 0 amide bonds. The molecule has 1 saturated heterocycles. The second kappa shape index (κ2) is 7.74. The van der Waals surface area contributed by atoms with Crippen LogP contribution in [0.25, 0.3) is 33.1 Å². The Morgan fingerprint density at radius 1 is 0.967 bits per heavy atom. The van der Waals surface area contributed by atoms with Crippen LogP contribution in [0.4, 0.5) is 0 Å². The Balaban J connectivity index is 1.44. The van der Waals surface area contributed by atoms with Crippen molar-refractivity contribution >= 4 is 21.8 Å². The third-order valence-electron chi connectivity index (χ3n) is 6.42. The van der Waals surface area contributed by atoms with E-state index in [1.54, 1.807) is 0 Å². The van der Waals surface area contributed by atoms with Crippen LogP contribution >= 0.6 is 0 Å². The number of aryl methyl sites for hydroxylation is 1. The number of pyridine rings is 1. The number of hydrogen-bond donors (Lipinski definition) is 3. The van der Waals surface area contributed by atoms with E-state index >= 15 is 0 Å². The molecule has 2 aromatic carbocycles. The molecule has 0 spiro atoms. The fourth-order valence-electron chi connectivity index (χ4n) is 4.59. The number of nitrogens with one attached hydrogen (secondary N) is 2. The van der Waals surface area contributed by atoms with E-state index in [1.165, 1.54) is 24.0 Å². The monoisotopic (exact) mass is 400 g/mol. The number of nitrogens with zero attached hydrogens (tertiary/aromatic N) is 1. The minimum atomic E-state index is -0.0686. The van der Waals surface area contributed by atoms with Gasteiger partial charge >= 0.3 is 0 Å². The molecular weight excluding hydrogens is 372 g/mol. The molecule has 0 bridgehead atoms. The van der Waals surface area contributed by atoms with Crippen LogP contribution in [0.2, 0.25) is 0 Å². The lowest BCUT2D eigenvalue weighted by Crippen LogP contribution is -2.35. The van der Waals surface area contributed by atoms with Crippen molar-refractivity contribution in [1.29, 1.82) is 0 Å². The summed E-state index contributed by atoms with van der Waals surface area (Å²) in [4.78, 5) is 21.6. The molecule has 4 aromatic rings. The van der Waals surface area contributed by atoms with E-state index in [0.717, 1.165) is 53.7 Å². The topological polar surface area (TPSA) is 77.9 Å². The second-order valence-corrected chi connectivity index (χ2v) is 8.66. The lowest BCUT2D eigenvalue weighted by molar-refractivity contribution is 0.180. The van der Waals surface area contributed by atoms with E-state index in [9.17, 15) is 4.79 Å². The van der Waals surface area contributed by atoms with Crippen molar-refractivity contribution in [1.82, 2.24) is 14.9 Å². The predicted molar refractivity (Wildman–Crippen MR) is 124 cm³/mol. The highest BCUT2D eigenvalue weighted by Crippen LogP contribution is 2.26. The van der Waals surface area contributed by atoms with Crippen molar-refractivity contribution < 1.29 is 0 Å². The summed E-state index contributed by atoms with van der Waals surface area (Å²) in [6, 6.07) is 16.7. The van der Waals surface area contributed by atoms with Gasteiger partial charge in [-0.25, -0.2) is 0 Å². The Morgan fingerprint density at radius 2 is 1.70 bits per heavy atom. The molecule has 5 nitrogen and oxygen atoms in total. The average Bonchev–Trinajstić information content (AvgIpc) is 3.17. The molecule has 1 aliphatic heterocycles. The molecule has 0 atom stereocenters. The van der Waals surface area contributed by atoms with Gasteiger partial charge in [0.15, 0.2) is 0 Å². The van der Waals surface area contributed by atoms with Crippen LogP contribution in [0.15, 0.2) is 53.3 Å². The molecule has 5 heteroatoms. The Morgan fingerprint density at radius 3 is 2.50 bits per heavy atom. The number of rotatable bonds is 4. The zero-order valence-corrected chi connectivity index (χ0v) is 17.4. The summed E-state index contributed by atoms with van der Waals surface area (Å²) in [5.74, 6) is 0.680. The van der Waals surface area contributed by atoms with Gasteiger partial charge in [0, 0.05) is 23.0 Å². The standard InChI is InChI=1S/C25H28N4O/c1-16-2-4-23-19(10-16)12-21(25(30)28-23)24-13-20-11-18(3-5-22(20)27-24)15-29-8-6-17(14-26)7-9-29/h2-5,10-13,17,27H,6-9,14-15,26H2,1H3,(H,28,30). The van der Waals surface area contributed by atoms with Crippen LogP contribution < -0.4 is 11.3 Å². The number of piperidine rings is 1. The van der Waals surface area contributed by atoms with Gasteiger partial charge in [0.1, 0.15) is 0 Å². The molecule has 5 rings (SSSR count). The van der Waals surface area contributed by atoms with Gasteiger partial charge in [0.2, 0.25) is 0 Å². The number of aromatic amines is 2. The summed E-state index contributed by atoms with van der Waals surface area (Å²) < 4.78 is 0. The number of benzene rings is 2. The molecule has 0 saturated carbocycles. The maximum Gasteiger partial charge on any atom is 0.257 e. The van der Waals surface area contributed by atoms with Crippen LogP contribution in [0, 0.1) is 12.8 Å². The van der Waals surface area contributed by atoms with Crippen LogP contribution in [0.5, 0.6) is 0 Å². The van der Waals surface area contributed by atoms with Crippen molar-refractivity contribution in [2.24, 2.45) is 11.7 Å². The van der Waals surface area contributed by atoms with Crippen LogP contribution in [-0.4, -0.2) is 34.5 Å². The van der Waals surface area contributed by atoms with Gasteiger partial charge in [0.05, 0.1) is 11.3 Å². The number of H-pyrrole nitrogens is 2. The lowest BCUT2D eigenvalue weighted by Gasteiger charge is -2.31. The molecule has 30 heavy (non-hydrogen) atoms. The van der Waals surface area contributed by atoms with Gasteiger partial charge in [-0.15, -0.1) is 0 Å². The average molecular weight is 401 g/mol. The van der Waals surface area contributed by atoms with Gasteiger partial charge < -0.3 is 15.7 Å². The van der Waals surface area contributed by atoms with E-state index in [4.69, 9.17) is 5.73 Å². The smallest absolute Gasteiger partial charge is 0.257 e. The molecule has 0 radical (unpaired) electrons. The maximum absolute atomic E-state index is 12.7. The van der Waals surface area contributed by atoms with Crippen molar-refractivity contribution in [3.8, 4) is 11.3 Å². The first kappa shape index (κ1) is 19.1. The number of likely N-dealkylation sites (tertiary alicyclic amines) is 1. The fourth-order valence-corrected chi connectivity index (χ4v) is 4.59. The summed E-state index contributed by atoms with van der Waals surface area (Å²) in [7, 11) is 0. The second-order valence-electron chi connectivity index (χ2n) is 8.66. The Kier molecular flexibility index (Phi) is 4.93. The minimum Gasteiger partial charge on any atom is -0.354 e. The quantitative estimate of drug-likeness (QED) is 0.481. The van der Waals surface area contributed by atoms with Crippen LogP contribution in [0.3, 0.4) is 0 Å². The SMILES string of the molecule is Cc1ccc2[nH]c(=O)c(-c3cc4cc(CN5CCC(CN)CC5)ccc4[nH]3)cc2c1. The highest BCUT2D eigenvalue weighted by atomic mass is 16.1. The van der Waals surface area contributed by atoms with E-state index < -0.39 is 0 Å². The van der Waals surface area contributed by atoms with Crippen LogP contribution in [-0.2, 0) is 6.54 Å². The molecule has 0 aliphatic carbocycles. The summed E-state index contributed by atoms with van der Waals surface area (Å²) in [5.41, 5.74) is 11.7. The molecule has 3 heterocycles. The third-order valence-corrected chi connectivity index (χ3v) is 6.42. The van der Waals surface area contributed by atoms with Gasteiger partial charge in [-0.1, -0.05) is 17.7 Å². The minimum absolute atomic E-state index is 0.0686. The molecule has 4 N–H and O–H groups in total. The largest absolute Gasteiger partial charge is 0.354 e. The Bertz CT molecular complexity index is 1260. The summed E-state index contributed by atoms with van der Waals surface area (Å²) >= 11 is 0. The summed E-state index contributed by atoms with van der Waals surface area (Å²) in [5, 5.41) is 2.19. The predicted octanol–water partition coefficient (Wildman–Crippen LogP) is 4.16. The molecule has 1 aliphatic rings. The third kappa shape index (κ3) is 3.66. The van der Waals surface area contributed by atoms with Gasteiger partial charge in [-0.3, -0.25) is 9.69 Å². The van der Waals surface area contributed by atoms with Crippen molar-refractivity contribution in [2.45, 2.75) is 26.3 Å². The Hall–Kier alpha value is -2.89. The molecule has 154 valence electrons. The van der Waals surface area contributed by atoms with Crippen molar-refractivity contribution in [3.05, 3.63) is 70.0 Å². The van der Waals surface area contributed by atoms with Gasteiger partial charge in [0.25, 0.3) is 5.56 Å². The normalized spacial score (nSPS) is 15.9. The highest BCUT2D eigenvalue weighted by molar-refractivity contribution is 5.89. The number of fused-ring (bicyclic) bond motifs is 2. The lowest BCUT2D eigenvalue weighted by atomic mass is 9.97. The number of hydrogen-bond acceptors (Lipinski definition) is 3. The molecule has 0 unspecified atom stereocenters. The molecule has 2 aromatic heterocycles. The first-order valence-corrected chi connectivity index (χ1v) is 10.8. The fraction of sp³-hybridized carbons (Fsp3) is 0.320. The first-order valence-electron chi connectivity index (χ1n) is 10.8. The molecular formula is C25H28N4O. The number of aromatic nitrogens is 2. The van der Waals surface area contributed by atoms with Crippen molar-refractivity contribution in [3.63, 3.8) is 0 Å². The van der Waals surface area contributed by atoms with Gasteiger partial charge in [-0.2, -0.15) is 0 Å². The zero-order valence-electron chi connectivity index (χ0n) is 17.4. The zero-order chi connectivity index (χ0) is 20.7. The van der Waals surface area contributed by atoms with Crippen molar-refractivity contribution in [2.75, 3.05) is 19.6 Å². The van der Waals surface area contributed by atoms with E-state index in [-0.39, 0.29) is 5.56 Å². The van der Waals surface area contributed by atoms with E-state index in [1.807, 2.05) is 18.2 Å². The van der Waals surface area contributed by atoms with Gasteiger partial charge in [-0.05, 0) is 92.7 Å². The van der Waals surface area contributed by atoms with E-state index in [2.05, 4.69) is 52.1 Å². The maximum atomic E-state index is 12.7. The number of nitrogens with two attached hydrogens (primary N) is 1. The summed E-state index contributed by atoms with van der Waals surface area (Å²) in [6.45, 7) is 6.06. The van der Waals surface area contributed by atoms with E-state index in [0.29, 0.717) is 11.5 Å².